The summed E-state index contributed by atoms with van der Waals surface area (Å²) in [6.07, 6.45) is 2.66. The van der Waals surface area contributed by atoms with Gasteiger partial charge in [0.2, 0.25) is 0 Å². The number of hydrogen-bond acceptors (Lipinski definition) is 3. The van der Waals surface area contributed by atoms with E-state index in [9.17, 15) is 0 Å². The first-order chi connectivity index (χ1) is 9.90. The van der Waals surface area contributed by atoms with Gasteiger partial charge in [-0.2, -0.15) is 0 Å². The largest absolute Gasteiger partial charge is 0.352 e. The topological polar surface area (TPSA) is 27.6 Å². The Morgan fingerprint density at radius 1 is 1.10 bits per heavy atom. The van der Waals surface area contributed by atoms with Crippen LogP contribution in [-0.2, 0) is 6.54 Å². The molecular weight excluding hydrogens is 373 g/mol. The number of halogens is 1. The van der Waals surface area contributed by atoms with Gasteiger partial charge in [-0.15, -0.1) is 24.0 Å². The average molecular weight is 393 g/mol. The van der Waals surface area contributed by atoms with Gasteiger partial charge in [0.1, 0.15) is 0 Å². The quantitative estimate of drug-likeness (QED) is 0.810. The summed E-state index contributed by atoms with van der Waals surface area (Å²) in [4.78, 5) is 7.02. The summed E-state index contributed by atoms with van der Waals surface area (Å²) in [6.45, 7) is 2.88. The summed E-state index contributed by atoms with van der Waals surface area (Å²) in [5, 5.41) is 6.11. The van der Waals surface area contributed by atoms with E-state index in [4.69, 9.17) is 0 Å². The van der Waals surface area contributed by atoms with Crippen molar-refractivity contribution in [3.05, 3.63) is 48.0 Å². The molecule has 0 radical (unpaired) electrons. The molecule has 0 saturated heterocycles. The molecule has 1 heterocycles. The Morgan fingerprint density at radius 2 is 1.90 bits per heavy atom. The van der Waals surface area contributed by atoms with Crippen LogP contribution in [0.25, 0.3) is 10.8 Å². The molecule has 0 atom stereocenters. The molecule has 2 aromatic rings. The van der Waals surface area contributed by atoms with Crippen LogP contribution in [0.15, 0.2) is 47.5 Å². The van der Waals surface area contributed by atoms with Crippen molar-refractivity contribution in [1.82, 2.24) is 10.2 Å². The van der Waals surface area contributed by atoms with Crippen molar-refractivity contribution in [2.24, 2.45) is 4.99 Å². The van der Waals surface area contributed by atoms with Gasteiger partial charge in [-0.25, -0.2) is 0 Å². The summed E-state index contributed by atoms with van der Waals surface area (Å²) < 4.78 is 0. The standard InChI is InChI=1S/C17H19N3.HI/c1-2-4-15-11-13(5-6-14(15)3-1)12-19-17-18-9-10-20(17)16-7-8-16;/h1-6,11,16H,7-10,12H2,(H,18,19);1H. The summed E-state index contributed by atoms with van der Waals surface area (Å²) in [5.74, 6) is 1.10. The molecule has 1 N–H and O–H groups in total. The van der Waals surface area contributed by atoms with Crippen LogP contribution in [0.3, 0.4) is 0 Å². The highest BCUT2D eigenvalue weighted by molar-refractivity contribution is 14.0. The lowest BCUT2D eigenvalue weighted by atomic mass is 10.1. The minimum atomic E-state index is 0. The lowest BCUT2D eigenvalue weighted by Gasteiger charge is -2.20. The molecule has 0 spiro atoms. The van der Waals surface area contributed by atoms with Gasteiger partial charge < -0.3 is 10.2 Å². The molecule has 1 fully saturated rings. The smallest absolute Gasteiger partial charge is 0.194 e. The number of rotatable bonds is 3. The van der Waals surface area contributed by atoms with E-state index in [2.05, 4.69) is 57.7 Å². The molecule has 2 aliphatic rings. The molecular formula is C17H20IN3. The molecule has 1 saturated carbocycles. The van der Waals surface area contributed by atoms with Gasteiger partial charge in [0, 0.05) is 19.1 Å². The normalized spacial score (nSPS) is 17.5. The van der Waals surface area contributed by atoms with Crippen molar-refractivity contribution in [2.75, 3.05) is 13.1 Å². The van der Waals surface area contributed by atoms with E-state index >= 15 is 0 Å². The highest BCUT2D eigenvalue weighted by atomic mass is 127. The molecule has 0 amide bonds. The average Bonchev–Trinajstić information content (AvgIpc) is 3.23. The van der Waals surface area contributed by atoms with E-state index in [-0.39, 0.29) is 24.0 Å². The van der Waals surface area contributed by atoms with Crippen LogP contribution in [-0.4, -0.2) is 30.0 Å². The van der Waals surface area contributed by atoms with E-state index in [1.807, 2.05) is 0 Å². The van der Waals surface area contributed by atoms with E-state index in [1.165, 1.54) is 29.2 Å². The number of nitrogens with zero attached hydrogens (tertiary/aromatic N) is 2. The molecule has 2 aromatic carbocycles. The third-order valence-electron chi connectivity index (χ3n) is 4.13. The van der Waals surface area contributed by atoms with Crippen LogP contribution in [0.5, 0.6) is 0 Å². The Hall–Kier alpha value is -1.30. The van der Waals surface area contributed by atoms with Gasteiger partial charge in [0.15, 0.2) is 5.96 Å². The minimum Gasteiger partial charge on any atom is -0.352 e. The first-order valence-corrected chi connectivity index (χ1v) is 7.43. The first-order valence-electron chi connectivity index (χ1n) is 7.43. The third kappa shape index (κ3) is 3.15. The predicted octanol–water partition coefficient (Wildman–Crippen LogP) is 3.38. The van der Waals surface area contributed by atoms with Crippen LogP contribution in [0.4, 0.5) is 0 Å². The van der Waals surface area contributed by atoms with Gasteiger partial charge in [-0.3, -0.25) is 4.99 Å². The zero-order valence-corrected chi connectivity index (χ0v) is 14.3. The lowest BCUT2D eigenvalue weighted by Crippen LogP contribution is -2.39. The van der Waals surface area contributed by atoms with Crippen molar-refractivity contribution in [3.63, 3.8) is 0 Å². The molecule has 110 valence electrons. The molecule has 4 rings (SSSR count). The van der Waals surface area contributed by atoms with Gasteiger partial charge in [-0.1, -0.05) is 36.4 Å². The van der Waals surface area contributed by atoms with Crippen molar-refractivity contribution in [3.8, 4) is 0 Å². The van der Waals surface area contributed by atoms with Crippen molar-refractivity contribution < 1.29 is 0 Å². The highest BCUT2D eigenvalue weighted by Crippen LogP contribution is 2.28. The maximum absolute atomic E-state index is 4.59. The van der Waals surface area contributed by atoms with Crippen molar-refractivity contribution in [1.29, 1.82) is 0 Å². The number of guanidine groups is 1. The van der Waals surface area contributed by atoms with E-state index in [0.29, 0.717) is 0 Å². The van der Waals surface area contributed by atoms with Gasteiger partial charge in [0.05, 0.1) is 6.54 Å². The Labute approximate surface area is 142 Å². The molecule has 0 bridgehead atoms. The maximum atomic E-state index is 4.59. The minimum absolute atomic E-state index is 0. The number of benzene rings is 2. The number of aliphatic imine (C=N–C) groups is 1. The van der Waals surface area contributed by atoms with Crippen LogP contribution < -0.4 is 5.32 Å². The fourth-order valence-corrected chi connectivity index (χ4v) is 2.89. The summed E-state index contributed by atoms with van der Waals surface area (Å²) >= 11 is 0. The SMILES string of the molecule is I.c1ccc2cc(CNC3=NCCN3C3CC3)ccc2c1. The van der Waals surface area contributed by atoms with Crippen LogP contribution in [0.2, 0.25) is 0 Å². The Kier molecular flexibility index (Phi) is 4.33. The number of nitrogens with one attached hydrogen (secondary N) is 1. The Bertz CT molecular complexity index is 664. The fraction of sp³-hybridized carbons (Fsp3) is 0.353. The van der Waals surface area contributed by atoms with Crippen LogP contribution in [0, 0.1) is 0 Å². The van der Waals surface area contributed by atoms with E-state index < -0.39 is 0 Å². The van der Waals surface area contributed by atoms with Crippen molar-refractivity contribution >= 4 is 40.7 Å². The molecule has 0 aromatic heterocycles. The molecule has 4 heteroatoms. The molecule has 1 aliphatic heterocycles. The lowest BCUT2D eigenvalue weighted by molar-refractivity contribution is 0.433. The van der Waals surface area contributed by atoms with Gasteiger partial charge in [0.25, 0.3) is 0 Å². The molecule has 3 nitrogen and oxygen atoms in total. The summed E-state index contributed by atoms with van der Waals surface area (Å²) in [5.41, 5.74) is 1.31. The predicted molar refractivity (Wildman–Crippen MR) is 98.2 cm³/mol. The first kappa shape index (κ1) is 14.6. The Morgan fingerprint density at radius 3 is 2.71 bits per heavy atom. The van der Waals surface area contributed by atoms with Crippen LogP contribution >= 0.6 is 24.0 Å². The maximum Gasteiger partial charge on any atom is 0.194 e. The summed E-state index contributed by atoms with van der Waals surface area (Å²) in [7, 11) is 0. The summed E-state index contributed by atoms with van der Waals surface area (Å²) in [6, 6.07) is 15.9. The second-order valence-corrected chi connectivity index (χ2v) is 5.66. The number of hydrogen-bond donors (Lipinski definition) is 1. The zero-order chi connectivity index (χ0) is 13.4. The number of fused-ring (bicyclic) bond motifs is 1. The van der Waals surface area contributed by atoms with Crippen LogP contribution in [0.1, 0.15) is 18.4 Å². The zero-order valence-electron chi connectivity index (χ0n) is 12.0. The monoisotopic (exact) mass is 393 g/mol. The van der Waals surface area contributed by atoms with E-state index in [1.54, 1.807) is 0 Å². The third-order valence-corrected chi connectivity index (χ3v) is 4.13. The molecule has 0 unspecified atom stereocenters. The highest BCUT2D eigenvalue weighted by Gasteiger charge is 2.33. The van der Waals surface area contributed by atoms with Crippen molar-refractivity contribution in [2.45, 2.75) is 25.4 Å². The van der Waals surface area contributed by atoms with Gasteiger partial charge in [-0.05, 0) is 35.2 Å². The Balaban J connectivity index is 0.00000132. The molecule has 1 aliphatic carbocycles. The second-order valence-electron chi connectivity index (χ2n) is 5.66. The molecule has 21 heavy (non-hydrogen) atoms. The van der Waals surface area contributed by atoms with Gasteiger partial charge >= 0.3 is 0 Å². The second kappa shape index (κ2) is 6.22. The fourth-order valence-electron chi connectivity index (χ4n) is 2.89. The van der Waals surface area contributed by atoms with E-state index in [0.717, 1.165) is 31.6 Å².